The van der Waals surface area contributed by atoms with Crippen molar-refractivity contribution in [3.8, 4) is 5.88 Å². The molecule has 2 aliphatic heterocycles. The highest BCUT2D eigenvalue weighted by atomic mass is 16.7. The van der Waals surface area contributed by atoms with E-state index in [-0.39, 0.29) is 12.0 Å². The van der Waals surface area contributed by atoms with Crippen molar-refractivity contribution in [2.75, 3.05) is 20.2 Å². The molecule has 0 aliphatic carbocycles. The zero-order chi connectivity index (χ0) is 22.3. The summed E-state index contributed by atoms with van der Waals surface area (Å²) in [6, 6.07) is 3.88. The van der Waals surface area contributed by atoms with Gasteiger partial charge in [-0.2, -0.15) is 0 Å². The molecule has 30 heavy (non-hydrogen) atoms. The SMILES string of the molecule is COc1cc(B2OC(C)(C)C(C)(C)O2)cc(C2CCCN(C(=O)OC(C)(C)C)C2)n1. The zero-order valence-corrected chi connectivity index (χ0v) is 19.6. The second kappa shape index (κ2) is 8.04. The summed E-state index contributed by atoms with van der Waals surface area (Å²) in [6.07, 6.45) is 1.57. The van der Waals surface area contributed by atoms with E-state index in [1.165, 1.54) is 0 Å². The molecule has 1 unspecified atom stereocenters. The highest BCUT2D eigenvalue weighted by Gasteiger charge is 2.52. The van der Waals surface area contributed by atoms with E-state index in [9.17, 15) is 4.79 Å². The molecule has 7 nitrogen and oxygen atoms in total. The van der Waals surface area contributed by atoms with Gasteiger partial charge in [0, 0.05) is 30.8 Å². The number of hydrogen-bond donors (Lipinski definition) is 0. The molecule has 1 amide bonds. The molecule has 2 saturated heterocycles. The summed E-state index contributed by atoms with van der Waals surface area (Å²) in [6.45, 7) is 15.0. The van der Waals surface area contributed by atoms with Gasteiger partial charge in [0.1, 0.15) is 5.60 Å². The Labute approximate surface area is 180 Å². The van der Waals surface area contributed by atoms with Crippen molar-refractivity contribution in [2.24, 2.45) is 0 Å². The summed E-state index contributed by atoms with van der Waals surface area (Å²) < 4.78 is 23.5. The lowest BCUT2D eigenvalue weighted by molar-refractivity contribution is 0.00578. The fraction of sp³-hybridized carbons (Fsp3) is 0.727. The second-order valence-corrected chi connectivity index (χ2v) is 10.2. The van der Waals surface area contributed by atoms with Crippen LogP contribution in [0.15, 0.2) is 12.1 Å². The van der Waals surface area contributed by atoms with E-state index < -0.39 is 23.9 Å². The Kier molecular flexibility index (Phi) is 6.13. The van der Waals surface area contributed by atoms with Crippen LogP contribution in [-0.4, -0.2) is 60.1 Å². The second-order valence-electron chi connectivity index (χ2n) is 10.2. The van der Waals surface area contributed by atoms with E-state index in [1.807, 2.05) is 60.6 Å². The summed E-state index contributed by atoms with van der Waals surface area (Å²) in [5.74, 6) is 0.620. The Bertz CT molecular complexity index is 774. The maximum absolute atomic E-state index is 12.6. The molecule has 0 bridgehead atoms. The first-order valence-electron chi connectivity index (χ1n) is 10.7. The molecule has 0 N–H and O–H groups in total. The molecule has 2 aliphatic rings. The van der Waals surface area contributed by atoms with Crippen molar-refractivity contribution in [3.05, 3.63) is 17.8 Å². The van der Waals surface area contributed by atoms with Crippen LogP contribution in [0.3, 0.4) is 0 Å². The minimum atomic E-state index is -0.512. The minimum Gasteiger partial charge on any atom is -0.481 e. The van der Waals surface area contributed by atoms with E-state index in [1.54, 1.807) is 12.0 Å². The van der Waals surface area contributed by atoms with Gasteiger partial charge in [-0.15, -0.1) is 0 Å². The van der Waals surface area contributed by atoms with Crippen molar-refractivity contribution in [3.63, 3.8) is 0 Å². The van der Waals surface area contributed by atoms with Gasteiger partial charge in [-0.25, -0.2) is 9.78 Å². The zero-order valence-electron chi connectivity index (χ0n) is 19.6. The highest BCUT2D eigenvalue weighted by molar-refractivity contribution is 6.62. The summed E-state index contributed by atoms with van der Waals surface area (Å²) in [7, 11) is 1.12. The lowest BCUT2D eigenvalue weighted by Crippen LogP contribution is -2.42. The summed E-state index contributed by atoms with van der Waals surface area (Å²) in [5, 5.41) is 0. The quantitative estimate of drug-likeness (QED) is 0.700. The minimum absolute atomic E-state index is 0.0996. The van der Waals surface area contributed by atoms with Crippen LogP contribution in [0.25, 0.3) is 0 Å². The van der Waals surface area contributed by atoms with Gasteiger partial charge in [0.2, 0.25) is 5.88 Å². The smallest absolute Gasteiger partial charge is 0.481 e. The van der Waals surface area contributed by atoms with Crippen LogP contribution >= 0.6 is 0 Å². The Morgan fingerprint density at radius 1 is 1.20 bits per heavy atom. The number of hydrogen-bond acceptors (Lipinski definition) is 6. The molecule has 166 valence electrons. The number of methoxy groups -OCH3 is 1. The first kappa shape index (κ1) is 22.9. The number of rotatable bonds is 3. The number of carbonyl (C=O) groups excluding carboxylic acids is 1. The number of carbonyl (C=O) groups is 1. The number of pyridine rings is 1. The van der Waals surface area contributed by atoms with Crippen LogP contribution in [0.2, 0.25) is 0 Å². The van der Waals surface area contributed by atoms with Crippen LogP contribution < -0.4 is 10.2 Å². The average molecular weight is 418 g/mol. The first-order valence-corrected chi connectivity index (χ1v) is 10.7. The monoisotopic (exact) mass is 418 g/mol. The van der Waals surface area contributed by atoms with Crippen molar-refractivity contribution in [1.29, 1.82) is 0 Å². The average Bonchev–Trinajstić information content (AvgIpc) is 2.87. The van der Waals surface area contributed by atoms with Crippen LogP contribution in [-0.2, 0) is 14.0 Å². The number of aromatic nitrogens is 1. The molecule has 8 heteroatoms. The standard InChI is InChI=1S/C22H35BN2O5/c1-20(2,3)28-19(26)25-11-9-10-15(14-25)17-12-16(13-18(24-17)27-8)23-29-21(4,5)22(6,7)30-23/h12-13,15H,9-11,14H2,1-8H3. The van der Waals surface area contributed by atoms with Gasteiger partial charge in [-0.3, -0.25) is 0 Å². The van der Waals surface area contributed by atoms with Crippen LogP contribution in [0.1, 0.15) is 72.9 Å². The van der Waals surface area contributed by atoms with Crippen molar-refractivity contribution in [1.82, 2.24) is 9.88 Å². The molecule has 0 aromatic carbocycles. The molecule has 3 heterocycles. The van der Waals surface area contributed by atoms with Gasteiger partial charge in [0.05, 0.1) is 18.3 Å². The summed E-state index contributed by atoms with van der Waals surface area (Å²) in [4.78, 5) is 19.0. The molecule has 2 fully saturated rings. The first-order chi connectivity index (χ1) is 13.8. The molecule has 0 saturated carbocycles. The lowest BCUT2D eigenvalue weighted by atomic mass is 9.78. The van der Waals surface area contributed by atoms with Gasteiger partial charge >= 0.3 is 13.2 Å². The normalized spacial score (nSPS) is 23.4. The van der Waals surface area contributed by atoms with Crippen LogP contribution in [0.5, 0.6) is 5.88 Å². The van der Waals surface area contributed by atoms with Gasteiger partial charge < -0.3 is 23.7 Å². The lowest BCUT2D eigenvalue weighted by Gasteiger charge is -2.34. The van der Waals surface area contributed by atoms with E-state index >= 15 is 0 Å². The molecular formula is C22H35BN2O5. The number of likely N-dealkylation sites (tertiary alicyclic amines) is 1. The number of nitrogens with zero attached hydrogens (tertiary/aromatic N) is 2. The Morgan fingerprint density at radius 2 is 1.83 bits per heavy atom. The van der Waals surface area contributed by atoms with Crippen molar-refractivity contribution >= 4 is 18.7 Å². The van der Waals surface area contributed by atoms with E-state index in [0.717, 1.165) is 24.0 Å². The fourth-order valence-corrected chi connectivity index (χ4v) is 3.69. The maximum Gasteiger partial charge on any atom is 0.495 e. The molecule has 3 rings (SSSR count). The van der Waals surface area contributed by atoms with Gasteiger partial charge in [-0.1, -0.05) is 0 Å². The molecular weight excluding hydrogens is 383 g/mol. The molecule has 1 atom stereocenters. The van der Waals surface area contributed by atoms with E-state index in [0.29, 0.717) is 19.0 Å². The third-order valence-electron chi connectivity index (χ3n) is 6.07. The highest BCUT2D eigenvalue weighted by Crippen LogP contribution is 2.37. The largest absolute Gasteiger partial charge is 0.495 e. The molecule has 1 aromatic rings. The predicted octanol–water partition coefficient (Wildman–Crippen LogP) is 3.50. The third kappa shape index (κ3) is 4.91. The maximum atomic E-state index is 12.6. The van der Waals surface area contributed by atoms with Gasteiger partial charge in [0.15, 0.2) is 0 Å². The number of ether oxygens (including phenoxy) is 2. The van der Waals surface area contributed by atoms with Crippen molar-refractivity contribution in [2.45, 2.75) is 84.0 Å². The summed E-state index contributed by atoms with van der Waals surface area (Å²) >= 11 is 0. The third-order valence-corrected chi connectivity index (χ3v) is 6.07. The van der Waals surface area contributed by atoms with Crippen molar-refractivity contribution < 1.29 is 23.6 Å². The van der Waals surface area contributed by atoms with Crippen LogP contribution in [0.4, 0.5) is 4.79 Å². The van der Waals surface area contributed by atoms with E-state index in [2.05, 4.69) is 4.98 Å². The topological polar surface area (TPSA) is 70.1 Å². The molecule has 1 aromatic heterocycles. The number of piperidine rings is 1. The Hall–Kier alpha value is -1.80. The molecule has 0 radical (unpaired) electrons. The Morgan fingerprint density at radius 3 is 2.40 bits per heavy atom. The predicted molar refractivity (Wildman–Crippen MR) is 116 cm³/mol. The summed E-state index contributed by atoms with van der Waals surface area (Å²) in [5.41, 5.74) is 0.402. The van der Waals surface area contributed by atoms with Gasteiger partial charge in [0.25, 0.3) is 0 Å². The number of amides is 1. The Balaban J connectivity index is 1.82. The molecule has 0 spiro atoms. The van der Waals surface area contributed by atoms with Crippen LogP contribution in [0, 0.1) is 0 Å². The van der Waals surface area contributed by atoms with Gasteiger partial charge in [-0.05, 0) is 72.8 Å². The fourth-order valence-electron chi connectivity index (χ4n) is 3.69. The van der Waals surface area contributed by atoms with E-state index in [4.69, 9.17) is 18.8 Å².